The lowest BCUT2D eigenvalue weighted by molar-refractivity contribution is 0.189. The molecule has 0 saturated carbocycles. The third kappa shape index (κ3) is 3.78. The van der Waals surface area contributed by atoms with Gasteiger partial charge < -0.3 is 14.2 Å². The Morgan fingerprint density at radius 1 is 1.24 bits per heavy atom. The fourth-order valence-corrected chi connectivity index (χ4v) is 3.23. The summed E-state index contributed by atoms with van der Waals surface area (Å²) in [4.78, 5) is 14.8. The Balaban J connectivity index is 1.81. The lowest BCUT2D eigenvalue weighted by Crippen LogP contribution is -2.38. The highest BCUT2D eigenvalue weighted by molar-refractivity contribution is 5.89. The Bertz CT molecular complexity index is 724. The zero-order chi connectivity index (χ0) is 17.8. The molecule has 3 rings (SSSR count). The molecule has 6 heteroatoms. The van der Waals surface area contributed by atoms with Gasteiger partial charge in [-0.3, -0.25) is 5.32 Å². The van der Waals surface area contributed by atoms with Gasteiger partial charge in [0.1, 0.15) is 11.5 Å². The number of likely N-dealkylation sites (tertiary alicyclic amines) is 1. The summed E-state index contributed by atoms with van der Waals surface area (Å²) in [6.07, 6.45) is 4.22. The fraction of sp³-hybridized carbons (Fsp3) is 0.474. The van der Waals surface area contributed by atoms with Crippen LogP contribution in [0.1, 0.15) is 48.6 Å². The van der Waals surface area contributed by atoms with E-state index in [0.717, 1.165) is 54.9 Å². The lowest BCUT2D eigenvalue weighted by atomic mass is 10.0. The first-order valence-electron chi connectivity index (χ1n) is 8.74. The molecule has 0 aliphatic carbocycles. The van der Waals surface area contributed by atoms with Gasteiger partial charge in [-0.05, 0) is 44.4 Å². The minimum absolute atomic E-state index is 0.0571. The van der Waals surface area contributed by atoms with Gasteiger partial charge >= 0.3 is 6.03 Å². The Labute approximate surface area is 148 Å². The number of rotatable bonds is 3. The van der Waals surface area contributed by atoms with E-state index in [1.807, 2.05) is 43.0 Å². The number of methoxy groups -OCH3 is 1. The lowest BCUT2D eigenvalue weighted by Gasteiger charge is -2.30. The molecule has 1 saturated heterocycles. The largest absolute Gasteiger partial charge is 0.497 e. The van der Waals surface area contributed by atoms with Crippen LogP contribution < -0.4 is 10.1 Å². The first kappa shape index (κ1) is 17.3. The molecule has 1 fully saturated rings. The Hall–Kier alpha value is -2.50. The maximum Gasteiger partial charge on any atom is 0.323 e. The highest BCUT2D eigenvalue weighted by atomic mass is 16.5. The molecule has 6 nitrogen and oxygen atoms in total. The van der Waals surface area contributed by atoms with Gasteiger partial charge in [-0.15, -0.1) is 0 Å². The predicted molar refractivity (Wildman–Crippen MR) is 95.9 cm³/mol. The second kappa shape index (κ2) is 7.59. The van der Waals surface area contributed by atoms with Crippen molar-refractivity contribution < 1.29 is 14.1 Å². The smallest absolute Gasteiger partial charge is 0.323 e. The summed E-state index contributed by atoms with van der Waals surface area (Å²) in [5.74, 6) is 2.04. The number of aromatic nitrogens is 1. The number of nitrogens with zero attached hydrogens (tertiary/aromatic N) is 2. The predicted octanol–water partition coefficient (Wildman–Crippen LogP) is 4.45. The van der Waals surface area contributed by atoms with Crippen molar-refractivity contribution in [3.8, 4) is 5.75 Å². The SMILES string of the molecule is COc1ccc(C2CCCCCN2C(=O)Nc2noc(C)c2C)cc1. The van der Waals surface area contributed by atoms with Crippen molar-refractivity contribution in [3.63, 3.8) is 0 Å². The summed E-state index contributed by atoms with van der Waals surface area (Å²) in [7, 11) is 1.66. The molecule has 134 valence electrons. The number of hydrogen-bond acceptors (Lipinski definition) is 4. The first-order chi connectivity index (χ1) is 12.1. The number of amides is 2. The number of urea groups is 1. The third-order valence-electron chi connectivity index (χ3n) is 4.90. The summed E-state index contributed by atoms with van der Waals surface area (Å²) >= 11 is 0. The van der Waals surface area contributed by atoms with Crippen LogP contribution in [0.2, 0.25) is 0 Å². The van der Waals surface area contributed by atoms with Crippen molar-refractivity contribution in [2.45, 2.75) is 45.6 Å². The maximum absolute atomic E-state index is 12.9. The molecule has 2 heterocycles. The van der Waals surface area contributed by atoms with Gasteiger partial charge in [-0.1, -0.05) is 30.1 Å². The maximum atomic E-state index is 12.9. The monoisotopic (exact) mass is 343 g/mol. The van der Waals surface area contributed by atoms with Gasteiger partial charge in [-0.25, -0.2) is 4.79 Å². The average Bonchev–Trinajstić information content (AvgIpc) is 2.84. The van der Waals surface area contributed by atoms with E-state index in [9.17, 15) is 4.79 Å². The highest BCUT2D eigenvalue weighted by Crippen LogP contribution is 2.32. The normalized spacial score (nSPS) is 17.9. The van der Waals surface area contributed by atoms with Crippen LogP contribution in [0.3, 0.4) is 0 Å². The second-order valence-electron chi connectivity index (χ2n) is 6.47. The first-order valence-corrected chi connectivity index (χ1v) is 8.74. The topological polar surface area (TPSA) is 67.6 Å². The van der Waals surface area contributed by atoms with Crippen molar-refractivity contribution in [2.75, 3.05) is 19.0 Å². The van der Waals surface area contributed by atoms with Crippen LogP contribution in [-0.4, -0.2) is 29.7 Å². The quantitative estimate of drug-likeness (QED) is 0.894. The third-order valence-corrected chi connectivity index (χ3v) is 4.90. The molecule has 0 bridgehead atoms. The van der Waals surface area contributed by atoms with Crippen LogP contribution in [0.5, 0.6) is 5.75 Å². The van der Waals surface area contributed by atoms with E-state index >= 15 is 0 Å². The van der Waals surface area contributed by atoms with E-state index in [4.69, 9.17) is 9.26 Å². The zero-order valence-corrected chi connectivity index (χ0v) is 15.0. The molecule has 1 aliphatic heterocycles. The molecule has 25 heavy (non-hydrogen) atoms. The molecule has 1 aromatic carbocycles. The van der Waals surface area contributed by atoms with Crippen molar-refractivity contribution in [1.29, 1.82) is 0 Å². The molecule has 0 spiro atoms. The number of carbonyl (C=O) groups is 1. The molecule has 1 N–H and O–H groups in total. The average molecular weight is 343 g/mol. The number of hydrogen-bond donors (Lipinski definition) is 1. The van der Waals surface area contributed by atoms with Gasteiger partial charge in [0.05, 0.1) is 13.2 Å². The number of benzene rings is 1. The summed E-state index contributed by atoms with van der Waals surface area (Å²) in [6.45, 7) is 4.47. The van der Waals surface area contributed by atoms with Crippen molar-refractivity contribution >= 4 is 11.8 Å². The minimum atomic E-state index is -0.126. The highest BCUT2D eigenvalue weighted by Gasteiger charge is 2.27. The summed E-state index contributed by atoms with van der Waals surface area (Å²) in [5, 5.41) is 6.85. The molecule has 2 amide bonds. The van der Waals surface area contributed by atoms with Gasteiger partial charge in [0.2, 0.25) is 0 Å². The van der Waals surface area contributed by atoms with Gasteiger partial charge in [0.25, 0.3) is 0 Å². The fourth-order valence-electron chi connectivity index (χ4n) is 3.23. The summed E-state index contributed by atoms with van der Waals surface area (Å²) < 4.78 is 10.4. The van der Waals surface area contributed by atoms with Gasteiger partial charge in [0, 0.05) is 12.1 Å². The van der Waals surface area contributed by atoms with Crippen LogP contribution in [0, 0.1) is 13.8 Å². The Morgan fingerprint density at radius 2 is 2.00 bits per heavy atom. The molecule has 1 atom stereocenters. The van der Waals surface area contributed by atoms with E-state index < -0.39 is 0 Å². The van der Waals surface area contributed by atoms with Gasteiger partial charge in [0.15, 0.2) is 5.82 Å². The number of anilines is 1. The van der Waals surface area contributed by atoms with Gasteiger partial charge in [-0.2, -0.15) is 0 Å². The number of ether oxygens (including phenoxy) is 1. The standard InChI is InChI=1S/C19H25N3O3/c1-13-14(2)25-21-18(13)20-19(23)22-12-6-4-5-7-17(22)15-8-10-16(24-3)11-9-15/h8-11,17H,4-7,12H2,1-3H3,(H,20,21,23). The van der Waals surface area contributed by atoms with Crippen LogP contribution in [0.15, 0.2) is 28.8 Å². The number of carbonyl (C=O) groups excluding carboxylic acids is 1. The minimum Gasteiger partial charge on any atom is -0.497 e. The Kier molecular flexibility index (Phi) is 5.26. The van der Waals surface area contributed by atoms with Crippen LogP contribution in [0.25, 0.3) is 0 Å². The van der Waals surface area contributed by atoms with Crippen molar-refractivity contribution in [3.05, 3.63) is 41.2 Å². The van der Waals surface area contributed by atoms with Crippen LogP contribution >= 0.6 is 0 Å². The Morgan fingerprint density at radius 3 is 2.64 bits per heavy atom. The van der Waals surface area contributed by atoms with E-state index in [1.165, 1.54) is 0 Å². The molecule has 1 aliphatic rings. The number of aryl methyl sites for hydroxylation is 1. The molecule has 2 aromatic rings. The molecule has 1 unspecified atom stereocenters. The van der Waals surface area contributed by atoms with E-state index in [-0.39, 0.29) is 12.1 Å². The molecule has 1 aromatic heterocycles. The molecular formula is C19H25N3O3. The molecule has 0 radical (unpaired) electrons. The number of nitrogens with one attached hydrogen (secondary N) is 1. The van der Waals surface area contributed by atoms with Crippen LogP contribution in [0.4, 0.5) is 10.6 Å². The second-order valence-corrected chi connectivity index (χ2v) is 6.47. The zero-order valence-electron chi connectivity index (χ0n) is 15.0. The summed E-state index contributed by atoms with van der Waals surface area (Å²) in [6, 6.07) is 7.91. The van der Waals surface area contributed by atoms with E-state index in [1.54, 1.807) is 7.11 Å². The van der Waals surface area contributed by atoms with Crippen molar-refractivity contribution in [2.24, 2.45) is 0 Å². The van der Waals surface area contributed by atoms with Crippen molar-refractivity contribution in [1.82, 2.24) is 10.1 Å². The van der Waals surface area contributed by atoms with Crippen LogP contribution in [-0.2, 0) is 0 Å². The van der Waals surface area contributed by atoms with E-state index in [2.05, 4.69) is 10.5 Å². The van der Waals surface area contributed by atoms with E-state index in [0.29, 0.717) is 5.82 Å². The summed E-state index contributed by atoms with van der Waals surface area (Å²) in [5.41, 5.74) is 2.00. The molecular weight excluding hydrogens is 318 g/mol.